The van der Waals surface area contributed by atoms with Crippen molar-refractivity contribution < 1.29 is 4.74 Å². The molecule has 0 bridgehead atoms. The van der Waals surface area contributed by atoms with Crippen LogP contribution in [0.25, 0.3) is 5.82 Å². The normalized spacial score (nSPS) is 13.3. The molecule has 0 saturated carbocycles. The molecule has 0 fully saturated rings. The van der Waals surface area contributed by atoms with Crippen molar-refractivity contribution in [3.63, 3.8) is 0 Å². The van der Waals surface area contributed by atoms with E-state index in [-0.39, 0.29) is 11.5 Å². The summed E-state index contributed by atoms with van der Waals surface area (Å²) in [5.74, 6) is 0.645. The van der Waals surface area contributed by atoms with Crippen molar-refractivity contribution in [2.75, 3.05) is 0 Å². The highest BCUT2D eigenvalue weighted by Crippen LogP contribution is 2.25. The molecule has 19 heavy (non-hydrogen) atoms. The van der Waals surface area contributed by atoms with Crippen molar-refractivity contribution in [3.8, 4) is 11.8 Å². The molecule has 102 valence electrons. The van der Waals surface area contributed by atoms with Crippen LogP contribution in [0.4, 0.5) is 0 Å². The molecular formula is C13H19N5O. The topological polar surface area (TPSA) is 65.7 Å². The first kappa shape index (κ1) is 13.5. The highest BCUT2D eigenvalue weighted by atomic mass is 16.5. The number of nitrogens with zero attached hydrogens (tertiary/aromatic N) is 5. The molecule has 0 amide bonds. The van der Waals surface area contributed by atoms with Gasteiger partial charge < -0.3 is 4.74 Å². The molecule has 0 saturated heterocycles. The van der Waals surface area contributed by atoms with E-state index in [1.165, 1.54) is 6.33 Å². The molecule has 0 radical (unpaired) electrons. The van der Waals surface area contributed by atoms with E-state index in [9.17, 15) is 0 Å². The van der Waals surface area contributed by atoms with Crippen molar-refractivity contribution in [1.82, 2.24) is 24.7 Å². The van der Waals surface area contributed by atoms with Gasteiger partial charge in [-0.2, -0.15) is 10.1 Å². The van der Waals surface area contributed by atoms with E-state index in [4.69, 9.17) is 4.74 Å². The van der Waals surface area contributed by atoms with Crippen LogP contribution >= 0.6 is 0 Å². The van der Waals surface area contributed by atoms with Crippen LogP contribution in [0.15, 0.2) is 24.9 Å². The lowest BCUT2D eigenvalue weighted by molar-refractivity contribution is 0.0737. The van der Waals surface area contributed by atoms with Crippen LogP contribution in [0.2, 0.25) is 0 Å². The van der Waals surface area contributed by atoms with Gasteiger partial charge in [-0.1, -0.05) is 27.7 Å². The minimum absolute atomic E-state index is 0.0430. The Morgan fingerprint density at radius 3 is 2.74 bits per heavy atom. The van der Waals surface area contributed by atoms with Gasteiger partial charge in [-0.15, -0.1) is 0 Å². The van der Waals surface area contributed by atoms with Crippen LogP contribution in [0, 0.1) is 5.41 Å². The molecule has 6 heteroatoms. The predicted octanol–water partition coefficient (Wildman–Crippen LogP) is 2.26. The second-order valence-electron chi connectivity index (χ2n) is 5.42. The van der Waals surface area contributed by atoms with Crippen LogP contribution in [0.5, 0.6) is 6.01 Å². The zero-order valence-electron chi connectivity index (χ0n) is 11.7. The monoisotopic (exact) mass is 261 g/mol. The van der Waals surface area contributed by atoms with Gasteiger partial charge in [-0.25, -0.2) is 14.6 Å². The van der Waals surface area contributed by atoms with Gasteiger partial charge in [0.1, 0.15) is 18.8 Å². The summed E-state index contributed by atoms with van der Waals surface area (Å²) in [6.45, 7) is 8.52. The van der Waals surface area contributed by atoms with Crippen molar-refractivity contribution >= 4 is 0 Å². The first-order valence-electron chi connectivity index (χ1n) is 6.35. The smallest absolute Gasteiger partial charge is 0.318 e. The molecule has 0 aliphatic carbocycles. The van der Waals surface area contributed by atoms with Gasteiger partial charge in [-0.3, -0.25) is 0 Å². The SMILES string of the molecule is CCC(Oc1nccc(-n2cncn2)n1)C(C)(C)C. The third kappa shape index (κ3) is 3.27. The Bertz CT molecular complexity index is 518. The van der Waals surface area contributed by atoms with Gasteiger partial charge in [0.25, 0.3) is 0 Å². The van der Waals surface area contributed by atoms with Crippen LogP contribution in [-0.4, -0.2) is 30.8 Å². The predicted molar refractivity (Wildman–Crippen MR) is 71.1 cm³/mol. The van der Waals surface area contributed by atoms with E-state index in [1.54, 1.807) is 23.3 Å². The van der Waals surface area contributed by atoms with E-state index < -0.39 is 0 Å². The first-order chi connectivity index (χ1) is 9.00. The van der Waals surface area contributed by atoms with E-state index in [0.717, 1.165) is 6.42 Å². The summed E-state index contributed by atoms with van der Waals surface area (Å²) in [6, 6.07) is 2.13. The Kier molecular flexibility index (Phi) is 3.78. The molecule has 2 aromatic heterocycles. The molecule has 0 N–H and O–H groups in total. The molecule has 0 aliphatic rings. The van der Waals surface area contributed by atoms with Crippen molar-refractivity contribution in [2.45, 2.75) is 40.2 Å². The van der Waals surface area contributed by atoms with E-state index >= 15 is 0 Å². The van der Waals surface area contributed by atoms with Crippen LogP contribution in [0.3, 0.4) is 0 Å². The molecule has 0 aromatic carbocycles. The summed E-state index contributed by atoms with van der Waals surface area (Å²) in [7, 11) is 0. The fraction of sp³-hybridized carbons (Fsp3) is 0.538. The fourth-order valence-corrected chi connectivity index (χ4v) is 1.84. The number of rotatable bonds is 4. The molecule has 2 rings (SSSR count). The minimum Gasteiger partial charge on any atom is -0.460 e. The number of aromatic nitrogens is 5. The third-order valence-electron chi connectivity index (χ3n) is 2.86. The van der Waals surface area contributed by atoms with Crippen LogP contribution < -0.4 is 4.74 Å². The van der Waals surface area contributed by atoms with E-state index in [1.807, 2.05) is 0 Å². The Morgan fingerprint density at radius 2 is 2.16 bits per heavy atom. The molecule has 1 atom stereocenters. The maximum Gasteiger partial charge on any atom is 0.318 e. The summed E-state index contributed by atoms with van der Waals surface area (Å²) < 4.78 is 7.46. The summed E-state index contributed by atoms with van der Waals surface area (Å²) in [5, 5.41) is 4.04. The van der Waals surface area contributed by atoms with Crippen LogP contribution in [0.1, 0.15) is 34.1 Å². The average molecular weight is 261 g/mol. The summed E-state index contributed by atoms with van der Waals surface area (Å²) >= 11 is 0. The standard InChI is InChI=1S/C13H19N5O/c1-5-10(13(2,3)4)19-12-15-7-6-11(17-12)18-9-14-8-16-18/h6-10H,5H2,1-4H3. The summed E-state index contributed by atoms with van der Waals surface area (Å²) in [4.78, 5) is 12.4. The molecule has 1 unspecified atom stereocenters. The average Bonchev–Trinajstić information content (AvgIpc) is 2.88. The van der Waals surface area contributed by atoms with Crippen molar-refractivity contribution in [1.29, 1.82) is 0 Å². The summed E-state index contributed by atoms with van der Waals surface area (Å²) in [6.07, 6.45) is 5.69. The molecule has 0 spiro atoms. The second kappa shape index (κ2) is 5.34. The highest BCUT2D eigenvalue weighted by molar-refractivity contribution is 5.19. The molecule has 2 aromatic rings. The van der Waals surface area contributed by atoms with Crippen molar-refractivity contribution in [2.24, 2.45) is 5.41 Å². The van der Waals surface area contributed by atoms with E-state index in [2.05, 4.69) is 47.7 Å². The fourth-order valence-electron chi connectivity index (χ4n) is 1.84. The van der Waals surface area contributed by atoms with Gasteiger partial charge in [0.05, 0.1) is 0 Å². The number of hydrogen-bond donors (Lipinski definition) is 0. The van der Waals surface area contributed by atoms with Gasteiger partial charge in [0.15, 0.2) is 5.82 Å². The molecule has 6 nitrogen and oxygen atoms in total. The third-order valence-corrected chi connectivity index (χ3v) is 2.86. The Morgan fingerprint density at radius 1 is 1.37 bits per heavy atom. The van der Waals surface area contributed by atoms with Gasteiger partial charge in [-0.05, 0) is 11.8 Å². The zero-order chi connectivity index (χ0) is 13.9. The lowest BCUT2D eigenvalue weighted by atomic mass is 9.87. The van der Waals surface area contributed by atoms with Gasteiger partial charge >= 0.3 is 6.01 Å². The molecule has 0 aliphatic heterocycles. The largest absolute Gasteiger partial charge is 0.460 e. The highest BCUT2D eigenvalue weighted by Gasteiger charge is 2.25. The Balaban J connectivity index is 2.20. The van der Waals surface area contributed by atoms with Crippen molar-refractivity contribution in [3.05, 3.63) is 24.9 Å². The maximum absolute atomic E-state index is 5.88. The Labute approximate surface area is 112 Å². The van der Waals surface area contributed by atoms with Gasteiger partial charge in [0, 0.05) is 12.3 Å². The van der Waals surface area contributed by atoms with E-state index in [0.29, 0.717) is 11.8 Å². The first-order valence-corrected chi connectivity index (χ1v) is 6.35. The van der Waals surface area contributed by atoms with Crippen LogP contribution in [-0.2, 0) is 0 Å². The summed E-state index contributed by atoms with van der Waals surface area (Å²) in [5.41, 5.74) is 0.0430. The lowest BCUT2D eigenvalue weighted by Gasteiger charge is -2.29. The lowest BCUT2D eigenvalue weighted by Crippen LogP contribution is -2.32. The maximum atomic E-state index is 5.88. The molecular weight excluding hydrogens is 242 g/mol. The quantitative estimate of drug-likeness (QED) is 0.844. The minimum atomic E-state index is 0.0430. The number of hydrogen-bond acceptors (Lipinski definition) is 5. The second-order valence-corrected chi connectivity index (χ2v) is 5.42. The molecule has 2 heterocycles. The number of ether oxygens (including phenoxy) is 1. The zero-order valence-corrected chi connectivity index (χ0v) is 11.7. The Hall–Kier alpha value is -1.98. The van der Waals surface area contributed by atoms with Gasteiger partial charge in [0.2, 0.25) is 0 Å².